The Morgan fingerprint density at radius 2 is 2.00 bits per heavy atom. The van der Waals surface area contributed by atoms with Crippen LogP contribution in [0.4, 0.5) is 0 Å². The highest BCUT2D eigenvalue weighted by atomic mass is 14.7. The number of nitrogens with one attached hydrogen (secondary N) is 2. The number of benzene rings is 1. The van der Waals surface area contributed by atoms with Crippen molar-refractivity contribution in [2.45, 2.75) is 6.42 Å². The van der Waals surface area contributed by atoms with Crippen LogP contribution in [0.1, 0.15) is 11.3 Å². The molecule has 19 heavy (non-hydrogen) atoms. The number of hydrogen-bond acceptors (Lipinski definition) is 0. The normalized spacial score (nSPS) is 13.7. The number of H-pyrrole nitrogens is 2. The minimum Gasteiger partial charge on any atom is -0.364 e. The Balaban J connectivity index is 1.91. The molecule has 2 nitrogen and oxygen atoms in total. The second kappa shape index (κ2) is 4.02. The van der Waals surface area contributed by atoms with Gasteiger partial charge in [0.1, 0.15) is 0 Å². The van der Waals surface area contributed by atoms with Crippen LogP contribution in [0.5, 0.6) is 0 Å². The number of hydrogen-bond donors (Lipinski definition) is 2. The van der Waals surface area contributed by atoms with Crippen molar-refractivity contribution in [3.8, 4) is 11.3 Å². The Morgan fingerprint density at radius 3 is 2.95 bits per heavy atom. The summed E-state index contributed by atoms with van der Waals surface area (Å²) in [5.74, 6) is 0. The lowest BCUT2D eigenvalue weighted by molar-refractivity contribution is 1.15. The van der Waals surface area contributed by atoms with Crippen molar-refractivity contribution in [3.63, 3.8) is 0 Å². The average Bonchev–Trinajstić information content (AvgIpc) is 2.96. The van der Waals surface area contributed by atoms with Crippen LogP contribution >= 0.6 is 0 Å². The molecular formula is C17H14N2. The predicted molar refractivity (Wildman–Crippen MR) is 80.0 cm³/mol. The highest BCUT2D eigenvalue weighted by molar-refractivity contribution is 5.88. The van der Waals surface area contributed by atoms with Gasteiger partial charge in [-0.15, -0.1) is 0 Å². The lowest BCUT2D eigenvalue weighted by atomic mass is 10.1. The second-order valence-corrected chi connectivity index (χ2v) is 4.86. The molecule has 0 aliphatic heterocycles. The van der Waals surface area contributed by atoms with Gasteiger partial charge in [0.2, 0.25) is 0 Å². The van der Waals surface area contributed by atoms with Crippen molar-refractivity contribution in [2.24, 2.45) is 0 Å². The fraction of sp³-hybridized carbons (Fsp3) is 0.0588. The zero-order chi connectivity index (χ0) is 12.7. The van der Waals surface area contributed by atoms with Crippen LogP contribution < -0.4 is 0 Å². The molecule has 0 spiro atoms. The van der Waals surface area contributed by atoms with Gasteiger partial charge in [0.15, 0.2) is 0 Å². The summed E-state index contributed by atoms with van der Waals surface area (Å²) < 4.78 is 0. The van der Waals surface area contributed by atoms with Crippen molar-refractivity contribution < 1.29 is 0 Å². The average molecular weight is 246 g/mol. The van der Waals surface area contributed by atoms with Crippen LogP contribution in [-0.4, -0.2) is 9.97 Å². The smallest absolute Gasteiger partial charge is 0.0486 e. The maximum Gasteiger partial charge on any atom is 0.0486 e. The van der Waals surface area contributed by atoms with Gasteiger partial charge in [-0.3, -0.25) is 0 Å². The molecule has 0 saturated heterocycles. The van der Waals surface area contributed by atoms with Gasteiger partial charge in [0.25, 0.3) is 0 Å². The van der Waals surface area contributed by atoms with Crippen LogP contribution in [-0.2, 0) is 6.42 Å². The lowest BCUT2D eigenvalue weighted by Crippen LogP contribution is -1.83. The summed E-state index contributed by atoms with van der Waals surface area (Å²) >= 11 is 0. The molecule has 0 radical (unpaired) electrons. The molecule has 0 atom stereocenters. The Kier molecular flexibility index (Phi) is 2.21. The van der Waals surface area contributed by atoms with Gasteiger partial charge in [-0.2, -0.15) is 0 Å². The molecule has 92 valence electrons. The van der Waals surface area contributed by atoms with Crippen molar-refractivity contribution in [3.05, 3.63) is 66.0 Å². The number of aromatic amines is 2. The summed E-state index contributed by atoms with van der Waals surface area (Å²) in [6, 6.07) is 10.6. The molecule has 2 heterocycles. The van der Waals surface area contributed by atoms with E-state index in [2.05, 4.69) is 70.8 Å². The molecule has 4 rings (SSSR count). The van der Waals surface area contributed by atoms with Gasteiger partial charge in [-0.1, -0.05) is 42.5 Å². The first kappa shape index (κ1) is 10.4. The number of allylic oxidation sites excluding steroid dienone is 3. The molecule has 1 aliphatic carbocycles. The summed E-state index contributed by atoms with van der Waals surface area (Å²) in [5.41, 5.74) is 6.16. The minimum atomic E-state index is 0.961. The zero-order valence-corrected chi connectivity index (χ0v) is 10.5. The van der Waals surface area contributed by atoms with Gasteiger partial charge in [0.05, 0.1) is 0 Å². The summed E-state index contributed by atoms with van der Waals surface area (Å²) in [6.07, 6.45) is 11.6. The van der Waals surface area contributed by atoms with Crippen LogP contribution in [0.25, 0.3) is 28.2 Å². The van der Waals surface area contributed by atoms with E-state index in [1.807, 2.05) is 0 Å². The molecule has 1 aromatic carbocycles. The fourth-order valence-corrected chi connectivity index (χ4v) is 2.69. The van der Waals surface area contributed by atoms with Crippen molar-refractivity contribution in [1.82, 2.24) is 9.97 Å². The van der Waals surface area contributed by atoms with Gasteiger partial charge >= 0.3 is 0 Å². The first-order valence-corrected chi connectivity index (χ1v) is 6.53. The molecule has 0 unspecified atom stereocenters. The maximum atomic E-state index is 3.49. The van der Waals surface area contributed by atoms with Gasteiger partial charge in [-0.05, 0) is 12.1 Å². The third-order valence-electron chi connectivity index (χ3n) is 3.66. The van der Waals surface area contributed by atoms with Gasteiger partial charge in [0, 0.05) is 46.0 Å². The molecule has 0 saturated carbocycles. The largest absolute Gasteiger partial charge is 0.364 e. The lowest BCUT2D eigenvalue weighted by Gasteiger charge is -1.98. The third-order valence-corrected chi connectivity index (χ3v) is 3.66. The fourth-order valence-electron chi connectivity index (χ4n) is 2.69. The SMILES string of the molecule is C1=CCc2[nH]cc(-c3cc4ccccc4[nH]3)c2C=C1. The highest BCUT2D eigenvalue weighted by Crippen LogP contribution is 2.30. The summed E-state index contributed by atoms with van der Waals surface area (Å²) in [5, 5.41) is 1.25. The number of fused-ring (bicyclic) bond motifs is 2. The quantitative estimate of drug-likeness (QED) is 0.642. The maximum absolute atomic E-state index is 3.49. The van der Waals surface area contributed by atoms with Crippen LogP contribution in [0.3, 0.4) is 0 Å². The molecule has 1 aliphatic rings. The van der Waals surface area contributed by atoms with E-state index in [1.165, 1.54) is 33.4 Å². The minimum absolute atomic E-state index is 0.961. The molecule has 0 fully saturated rings. The van der Waals surface area contributed by atoms with E-state index < -0.39 is 0 Å². The van der Waals surface area contributed by atoms with E-state index in [-0.39, 0.29) is 0 Å². The van der Waals surface area contributed by atoms with E-state index >= 15 is 0 Å². The van der Waals surface area contributed by atoms with E-state index in [1.54, 1.807) is 0 Å². The van der Waals surface area contributed by atoms with Crippen LogP contribution in [0.2, 0.25) is 0 Å². The van der Waals surface area contributed by atoms with Gasteiger partial charge in [-0.25, -0.2) is 0 Å². The summed E-state index contributed by atoms with van der Waals surface area (Å²) in [6.45, 7) is 0. The monoisotopic (exact) mass is 246 g/mol. The van der Waals surface area contributed by atoms with Crippen molar-refractivity contribution >= 4 is 17.0 Å². The molecule has 2 N–H and O–H groups in total. The second-order valence-electron chi connectivity index (χ2n) is 4.86. The molecular weight excluding hydrogens is 232 g/mol. The predicted octanol–water partition coefficient (Wildman–Crippen LogP) is 4.29. The van der Waals surface area contributed by atoms with Crippen molar-refractivity contribution in [2.75, 3.05) is 0 Å². The van der Waals surface area contributed by atoms with Crippen molar-refractivity contribution in [1.29, 1.82) is 0 Å². The van der Waals surface area contributed by atoms with Crippen LogP contribution in [0.15, 0.2) is 54.8 Å². The highest BCUT2D eigenvalue weighted by Gasteiger charge is 2.12. The molecule has 2 heteroatoms. The topological polar surface area (TPSA) is 31.6 Å². The molecule has 0 bridgehead atoms. The zero-order valence-electron chi connectivity index (χ0n) is 10.5. The van der Waals surface area contributed by atoms with Crippen LogP contribution in [0, 0.1) is 0 Å². The summed E-state index contributed by atoms with van der Waals surface area (Å²) in [4.78, 5) is 6.88. The Morgan fingerprint density at radius 1 is 1.05 bits per heavy atom. The number of para-hydroxylation sites is 1. The Hall–Kier alpha value is -2.48. The standard InChI is InChI=1S/C17H14N2/c1-2-7-13-14(11-18-16(13)9-3-1)17-10-12-6-4-5-8-15(12)19-17/h1-8,10-11,18-19H,9H2. The van der Waals surface area contributed by atoms with Gasteiger partial charge < -0.3 is 9.97 Å². The van der Waals surface area contributed by atoms with E-state index in [4.69, 9.17) is 0 Å². The third kappa shape index (κ3) is 1.65. The first-order valence-electron chi connectivity index (χ1n) is 6.53. The molecule has 3 aromatic rings. The van der Waals surface area contributed by atoms with E-state index in [0.717, 1.165) is 6.42 Å². The van der Waals surface area contributed by atoms with E-state index in [9.17, 15) is 0 Å². The van der Waals surface area contributed by atoms with E-state index in [0.29, 0.717) is 0 Å². The molecule has 0 amide bonds. The Bertz CT molecular complexity index is 767. The summed E-state index contributed by atoms with van der Waals surface area (Å²) in [7, 11) is 0. The Labute approximate surface area is 111 Å². The number of rotatable bonds is 1. The molecule has 2 aromatic heterocycles. The number of aromatic nitrogens is 2. The first-order chi connectivity index (χ1) is 9.42.